The minimum Gasteiger partial charge on any atom is -0.464 e. The summed E-state index contributed by atoms with van der Waals surface area (Å²) >= 11 is 0. The lowest BCUT2D eigenvalue weighted by molar-refractivity contribution is 0.0593. The van der Waals surface area contributed by atoms with Crippen molar-refractivity contribution in [1.29, 1.82) is 0 Å². The van der Waals surface area contributed by atoms with Crippen LogP contribution in [0.1, 0.15) is 27.3 Å². The molecule has 15 heavy (non-hydrogen) atoms. The number of aryl methyl sites for hydroxylation is 1. The zero-order valence-corrected chi connectivity index (χ0v) is 8.96. The molecule has 0 saturated heterocycles. The SMILES string of the molecule is COC(=O)c1cc(C)c2c(n1)CCNC2. The largest absolute Gasteiger partial charge is 0.464 e. The Hall–Kier alpha value is -1.42. The smallest absolute Gasteiger partial charge is 0.356 e. The van der Waals surface area contributed by atoms with Crippen LogP contribution in [0.2, 0.25) is 0 Å². The van der Waals surface area contributed by atoms with E-state index in [1.165, 1.54) is 12.7 Å². The fraction of sp³-hybridized carbons (Fsp3) is 0.455. The first kappa shape index (κ1) is 10.1. The molecule has 0 aromatic carbocycles. The van der Waals surface area contributed by atoms with Gasteiger partial charge in [-0.15, -0.1) is 0 Å². The van der Waals surface area contributed by atoms with Gasteiger partial charge in [0.15, 0.2) is 0 Å². The zero-order valence-electron chi connectivity index (χ0n) is 8.96. The molecule has 0 spiro atoms. The molecule has 0 atom stereocenters. The molecular weight excluding hydrogens is 192 g/mol. The van der Waals surface area contributed by atoms with Crippen LogP contribution >= 0.6 is 0 Å². The molecule has 0 radical (unpaired) electrons. The molecule has 4 heteroatoms. The molecule has 0 unspecified atom stereocenters. The Balaban J connectivity index is 2.45. The third kappa shape index (κ3) is 1.85. The van der Waals surface area contributed by atoms with E-state index in [-0.39, 0.29) is 5.97 Å². The highest BCUT2D eigenvalue weighted by Gasteiger charge is 2.16. The van der Waals surface area contributed by atoms with E-state index in [9.17, 15) is 4.79 Å². The van der Waals surface area contributed by atoms with Gasteiger partial charge < -0.3 is 10.1 Å². The fourth-order valence-electron chi connectivity index (χ4n) is 1.84. The minimum atomic E-state index is -0.362. The summed E-state index contributed by atoms with van der Waals surface area (Å²) in [5.74, 6) is -0.362. The zero-order chi connectivity index (χ0) is 10.8. The molecule has 0 aliphatic carbocycles. The number of carbonyl (C=O) groups excluding carboxylic acids is 1. The summed E-state index contributed by atoms with van der Waals surface area (Å²) in [5.41, 5.74) is 3.76. The first-order chi connectivity index (χ1) is 7.22. The normalized spacial score (nSPS) is 14.5. The van der Waals surface area contributed by atoms with Gasteiger partial charge in [-0.3, -0.25) is 0 Å². The van der Waals surface area contributed by atoms with Crippen molar-refractivity contribution in [3.05, 3.63) is 28.6 Å². The van der Waals surface area contributed by atoms with Crippen LogP contribution in [0.4, 0.5) is 0 Å². The number of aromatic nitrogens is 1. The molecule has 1 N–H and O–H groups in total. The van der Waals surface area contributed by atoms with Crippen LogP contribution in [0.5, 0.6) is 0 Å². The van der Waals surface area contributed by atoms with E-state index in [4.69, 9.17) is 0 Å². The molecule has 80 valence electrons. The van der Waals surface area contributed by atoms with E-state index in [2.05, 4.69) is 15.0 Å². The van der Waals surface area contributed by atoms with Gasteiger partial charge in [-0.1, -0.05) is 0 Å². The third-order valence-electron chi connectivity index (χ3n) is 2.67. The van der Waals surface area contributed by atoms with Crippen molar-refractivity contribution in [1.82, 2.24) is 10.3 Å². The van der Waals surface area contributed by atoms with Crippen molar-refractivity contribution in [2.45, 2.75) is 19.9 Å². The van der Waals surface area contributed by atoms with Crippen molar-refractivity contribution in [2.24, 2.45) is 0 Å². The molecular formula is C11H14N2O2. The van der Waals surface area contributed by atoms with Crippen molar-refractivity contribution >= 4 is 5.97 Å². The summed E-state index contributed by atoms with van der Waals surface area (Å²) in [6.45, 7) is 3.76. The van der Waals surface area contributed by atoms with E-state index in [0.29, 0.717) is 5.69 Å². The van der Waals surface area contributed by atoms with Crippen molar-refractivity contribution in [3.8, 4) is 0 Å². The van der Waals surface area contributed by atoms with E-state index in [1.54, 1.807) is 6.07 Å². The van der Waals surface area contributed by atoms with Crippen LogP contribution in [0.25, 0.3) is 0 Å². The quantitative estimate of drug-likeness (QED) is 0.691. The summed E-state index contributed by atoms with van der Waals surface area (Å²) in [6, 6.07) is 1.79. The number of nitrogens with zero attached hydrogens (tertiary/aromatic N) is 1. The number of esters is 1. The number of hydrogen-bond acceptors (Lipinski definition) is 4. The Bertz CT molecular complexity index is 402. The Kier molecular flexibility index (Phi) is 2.68. The van der Waals surface area contributed by atoms with Gasteiger partial charge in [0, 0.05) is 25.2 Å². The maximum atomic E-state index is 11.4. The predicted octanol–water partition coefficient (Wildman–Crippen LogP) is 0.822. The number of rotatable bonds is 1. The van der Waals surface area contributed by atoms with Crippen molar-refractivity contribution in [2.75, 3.05) is 13.7 Å². The molecule has 0 saturated carbocycles. The minimum absolute atomic E-state index is 0.362. The van der Waals surface area contributed by atoms with Gasteiger partial charge in [-0.05, 0) is 24.1 Å². The number of pyridine rings is 1. The standard InChI is InChI=1S/C11H14N2O2/c1-7-5-10(11(14)15-2)13-9-3-4-12-6-8(7)9/h5,12H,3-4,6H2,1-2H3. The summed E-state index contributed by atoms with van der Waals surface area (Å²) < 4.78 is 4.67. The van der Waals surface area contributed by atoms with Gasteiger partial charge in [-0.2, -0.15) is 0 Å². The van der Waals surface area contributed by atoms with Crippen LogP contribution in [0.3, 0.4) is 0 Å². The van der Waals surface area contributed by atoms with Crippen LogP contribution in [-0.4, -0.2) is 24.6 Å². The number of methoxy groups -OCH3 is 1. The summed E-state index contributed by atoms with van der Waals surface area (Å²) in [6.07, 6.45) is 0.876. The van der Waals surface area contributed by atoms with Gasteiger partial charge in [0.25, 0.3) is 0 Å². The fourth-order valence-corrected chi connectivity index (χ4v) is 1.84. The Morgan fingerprint density at radius 1 is 1.60 bits per heavy atom. The number of hydrogen-bond donors (Lipinski definition) is 1. The first-order valence-electron chi connectivity index (χ1n) is 5.01. The second kappa shape index (κ2) is 3.98. The van der Waals surface area contributed by atoms with Gasteiger partial charge >= 0.3 is 5.97 Å². The van der Waals surface area contributed by atoms with E-state index in [1.807, 2.05) is 6.92 Å². The van der Waals surface area contributed by atoms with Gasteiger partial charge in [0.1, 0.15) is 5.69 Å². The first-order valence-corrected chi connectivity index (χ1v) is 5.01. The van der Waals surface area contributed by atoms with E-state index >= 15 is 0 Å². The summed E-state index contributed by atoms with van der Waals surface area (Å²) in [5, 5.41) is 3.29. The monoisotopic (exact) mass is 206 g/mol. The van der Waals surface area contributed by atoms with Crippen LogP contribution in [-0.2, 0) is 17.7 Å². The highest BCUT2D eigenvalue weighted by atomic mass is 16.5. The molecule has 1 aromatic rings. The van der Waals surface area contributed by atoms with Gasteiger partial charge in [0.2, 0.25) is 0 Å². The molecule has 0 amide bonds. The van der Waals surface area contributed by atoms with Crippen LogP contribution in [0.15, 0.2) is 6.07 Å². The van der Waals surface area contributed by atoms with E-state index < -0.39 is 0 Å². The molecule has 0 bridgehead atoms. The molecule has 1 aromatic heterocycles. The predicted molar refractivity (Wildman–Crippen MR) is 55.7 cm³/mol. The topological polar surface area (TPSA) is 51.2 Å². The number of carbonyl (C=O) groups is 1. The second-order valence-electron chi connectivity index (χ2n) is 3.67. The van der Waals surface area contributed by atoms with Gasteiger partial charge in [-0.25, -0.2) is 9.78 Å². The average Bonchev–Trinajstić information content (AvgIpc) is 2.28. The van der Waals surface area contributed by atoms with Crippen LogP contribution in [0, 0.1) is 6.92 Å². The lowest BCUT2D eigenvalue weighted by Gasteiger charge is -2.18. The van der Waals surface area contributed by atoms with Gasteiger partial charge in [0.05, 0.1) is 7.11 Å². The second-order valence-corrected chi connectivity index (χ2v) is 3.67. The van der Waals surface area contributed by atoms with Crippen molar-refractivity contribution < 1.29 is 9.53 Å². The Morgan fingerprint density at radius 2 is 2.40 bits per heavy atom. The van der Waals surface area contributed by atoms with Crippen LogP contribution < -0.4 is 5.32 Å². The summed E-state index contributed by atoms with van der Waals surface area (Å²) in [4.78, 5) is 15.7. The van der Waals surface area contributed by atoms with E-state index in [0.717, 1.165) is 30.8 Å². The summed E-state index contributed by atoms with van der Waals surface area (Å²) in [7, 11) is 1.38. The molecule has 1 aliphatic heterocycles. The molecule has 2 rings (SSSR count). The number of fused-ring (bicyclic) bond motifs is 1. The molecule has 1 aliphatic rings. The number of nitrogens with one attached hydrogen (secondary N) is 1. The molecule has 0 fully saturated rings. The maximum absolute atomic E-state index is 11.4. The maximum Gasteiger partial charge on any atom is 0.356 e. The highest BCUT2D eigenvalue weighted by Crippen LogP contribution is 2.17. The highest BCUT2D eigenvalue weighted by molar-refractivity contribution is 5.87. The average molecular weight is 206 g/mol. The van der Waals surface area contributed by atoms with Crippen molar-refractivity contribution in [3.63, 3.8) is 0 Å². The number of ether oxygens (including phenoxy) is 1. The molecule has 4 nitrogen and oxygen atoms in total. The lowest BCUT2D eigenvalue weighted by Crippen LogP contribution is -2.26. The lowest BCUT2D eigenvalue weighted by atomic mass is 10.0. The third-order valence-corrected chi connectivity index (χ3v) is 2.67. The Labute approximate surface area is 88.7 Å². The molecule has 2 heterocycles. The Morgan fingerprint density at radius 3 is 3.13 bits per heavy atom.